The van der Waals surface area contributed by atoms with Crippen LogP contribution in [0.15, 0.2) is 30.3 Å². The summed E-state index contributed by atoms with van der Waals surface area (Å²) in [6.07, 6.45) is 4.25. The second-order valence-electron chi connectivity index (χ2n) is 6.04. The molecule has 1 amide bonds. The smallest absolute Gasteiger partial charge is 0.220 e. The highest BCUT2D eigenvalue weighted by Crippen LogP contribution is 2.37. The number of carbonyl (C=O) groups excluding carboxylic acids is 1. The van der Waals surface area contributed by atoms with Crippen LogP contribution in [0.4, 0.5) is 0 Å². The van der Waals surface area contributed by atoms with E-state index in [1.807, 2.05) is 13.8 Å². The third-order valence-corrected chi connectivity index (χ3v) is 4.71. The zero-order valence-electron chi connectivity index (χ0n) is 13.4. The topological polar surface area (TPSA) is 32.3 Å². The summed E-state index contributed by atoms with van der Waals surface area (Å²) in [7, 11) is 0. The van der Waals surface area contributed by atoms with E-state index in [2.05, 4.69) is 40.5 Å². The van der Waals surface area contributed by atoms with Crippen LogP contribution in [-0.4, -0.2) is 30.4 Å². The molecule has 2 heterocycles. The van der Waals surface area contributed by atoms with Gasteiger partial charge in [0.1, 0.15) is 0 Å². The van der Waals surface area contributed by atoms with Crippen molar-refractivity contribution in [1.82, 2.24) is 10.2 Å². The summed E-state index contributed by atoms with van der Waals surface area (Å²) in [6, 6.07) is 10.7. The first-order valence-electron chi connectivity index (χ1n) is 8.29. The van der Waals surface area contributed by atoms with E-state index >= 15 is 0 Å². The Morgan fingerprint density at radius 2 is 1.76 bits per heavy atom. The number of likely N-dealkylation sites (tertiary alicyclic amines) is 1. The second kappa shape index (κ2) is 7.60. The minimum absolute atomic E-state index is 0.234. The van der Waals surface area contributed by atoms with E-state index in [0.29, 0.717) is 5.41 Å². The van der Waals surface area contributed by atoms with Gasteiger partial charge in [-0.3, -0.25) is 9.69 Å². The minimum Gasteiger partial charge on any atom is -0.356 e. The van der Waals surface area contributed by atoms with Crippen LogP contribution in [0.2, 0.25) is 0 Å². The van der Waals surface area contributed by atoms with E-state index in [1.54, 1.807) is 0 Å². The molecule has 3 nitrogen and oxygen atoms in total. The van der Waals surface area contributed by atoms with Gasteiger partial charge < -0.3 is 5.32 Å². The Hall–Kier alpha value is -1.35. The maximum absolute atomic E-state index is 11.3. The van der Waals surface area contributed by atoms with Crippen LogP contribution in [0, 0.1) is 5.41 Å². The molecule has 0 atom stereocenters. The van der Waals surface area contributed by atoms with Crippen molar-refractivity contribution in [2.75, 3.05) is 19.6 Å². The molecule has 0 saturated carbocycles. The molecule has 2 fully saturated rings. The summed E-state index contributed by atoms with van der Waals surface area (Å²) >= 11 is 0. The van der Waals surface area contributed by atoms with Crippen molar-refractivity contribution in [3.05, 3.63) is 35.9 Å². The molecule has 2 aliphatic heterocycles. The van der Waals surface area contributed by atoms with E-state index in [1.165, 1.54) is 18.4 Å². The Bertz CT molecular complexity index is 424. The molecular formula is C18H28N2O. The summed E-state index contributed by atoms with van der Waals surface area (Å²) in [5, 5.41) is 3.05. The highest BCUT2D eigenvalue weighted by molar-refractivity contribution is 5.76. The van der Waals surface area contributed by atoms with Gasteiger partial charge in [0.25, 0.3) is 0 Å². The van der Waals surface area contributed by atoms with Crippen LogP contribution in [0.5, 0.6) is 0 Å². The summed E-state index contributed by atoms with van der Waals surface area (Å²) < 4.78 is 0. The molecule has 1 aromatic rings. The largest absolute Gasteiger partial charge is 0.356 e. The van der Waals surface area contributed by atoms with E-state index in [-0.39, 0.29) is 5.91 Å². The first kappa shape index (κ1) is 16.0. The standard InChI is InChI=1S/C16H22N2O.C2H6/c19-15-6-7-16(13-17-15)8-10-18(11-9-16)12-14-4-2-1-3-5-14;1-2/h1-5H,6-13H2,(H,17,19);1-2H3. The van der Waals surface area contributed by atoms with Crippen LogP contribution in [0.1, 0.15) is 45.1 Å². The van der Waals surface area contributed by atoms with Gasteiger partial charge in [0.15, 0.2) is 0 Å². The number of nitrogens with zero attached hydrogens (tertiary/aromatic N) is 1. The number of nitrogens with one attached hydrogen (secondary N) is 1. The Morgan fingerprint density at radius 1 is 1.10 bits per heavy atom. The Morgan fingerprint density at radius 3 is 2.33 bits per heavy atom. The maximum atomic E-state index is 11.3. The quantitative estimate of drug-likeness (QED) is 0.906. The van der Waals surface area contributed by atoms with Gasteiger partial charge >= 0.3 is 0 Å². The van der Waals surface area contributed by atoms with Gasteiger partial charge in [-0.15, -0.1) is 0 Å². The fourth-order valence-electron chi connectivity index (χ4n) is 3.30. The molecule has 3 heteroatoms. The second-order valence-corrected chi connectivity index (χ2v) is 6.04. The Labute approximate surface area is 128 Å². The van der Waals surface area contributed by atoms with Crippen LogP contribution in [-0.2, 0) is 11.3 Å². The van der Waals surface area contributed by atoms with Crippen molar-refractivity contribution in [2.24, 2.45) is 5.41 Å². The van der Waals surface area contributed by atoms with Gasteiger partial charge in [-0.2, -0.15) is 0 Å². The van der Waals surface area contributed by atoms with Gasteiger partial charge in [-0.05, 0) is 43.3 Å². The molecule has 21 heavy (non-hydrogen) atoms. The van der Waals surface area contributed by atoms with Gasteiger partial charge in [0.05, 0.1) is 0 Å². The molecular weight excluding hydrogens is 260 g/mol. The number of amides is 1. The third kappa shape index (κ3) is 4.31. The number of hydrogen-bond acceptors (Lipinski definition) is 2. The molecule has 0 aliphatic carbocycles. The van der Waals surface area contributed by atoms with Crippen LogP contribution < -0.4 is 5.32 Å². The predicted octanol–water partition coefficient (Wildman–Crippen LogP) is 3.21. The minimum atomic E-state index is 0.234. The number of benzene rings is 1. The van der Waals surface area contributed by atoms with Gasteiger partial charge in [-0.25, -0.2) is 0 Å². The highest BCUT2D eigenvalue weighted by Gasteiger charge is 2.37. The van der Waals surface area contributed by atoms with Gasteiger partial charge in [-0.1, -0.05) is 44.2 Å². The molecule has 0 radical (unpaired) electrons. The molecule has 2 aliphatic rings. The maximum Gasteiger partial charge on any atom is 0.220 e. The number of hydrogen-bond donors (Lipinski definition) is 1. The zero-order valence-corrected chi connectivity index (χ0v) is 13.4. The van der Waals surface area contributed by atoms with Crippen molar-refractivity contribution in [3.8, 4) is 0 Å². The van der Waals surface area contributed by atoms with Gasteiger partial charge in [0, 0.05) is 19.5 Å². The van der Waals surface area contributed by atoms with Crippen molar-refractivity contribution in [2.45, 2.75) is 46.1 Å². The first-order valence-corrected chi connectivity index (χ1v) is 8.29. The van der Waals surface area contributed by atoms with Crippen molar-refractivity contribution in [3.63, 3.8) is 0 Å². The lowest BCUT2D eigenvalue weighted by Crippen LogP contribution is -2.49. The lowest BCUT2D eigenvalue weighted by molar-refractivity contribution is -0.125. The SMILES string of the molecule is CC.O=C1CCC2(CCN(Cc3ccccc3)CC2)CN1. The molecule has 0 aromatic heterocycles. The van der Waals surface area contributed by atoms with E-state index < -0.39 is 0 Å². The zero-order chi connectivity index (χ0) is 15.1. The summed E-state index contributed by atoms with van der Waals surface area (Å²) in [5.41, 5.74) is 1.79. The fraction of sp³-hybridized carbons (Fsp3) is 0.611. The summed E-state index contributed by atoms with van der Waals surface area (Å²) in [5.74, 6) is 0.234. The van der Waals surface area contributed by atoms with Crippen LogP contribution >= 0.6 is 0 Å². The van der Waals surface area contributed by atoms with Crippen molar-refractivity contribution in [1.29, 1.82) is 0 Å². The monoisotopic (exact) mass is 288 g/mol. The van der Waals surface area contributed by atoms with Crippen molar-refractivity contribution < 1.29 is 4.79 Å². The van der Waals surface area contributed by atoms with E-state index in [9.17, 15) is 4.79 Å². The average Bonchev–Trinajstić information content (AvgIpc) is 2.56. The van der Waals surface area contributed by atoms with Crippen LogP contribution in [0.25, 0.3) is 0 Å². The fourth-order valence-corrected chi connectivity index (χ4v) is 3.30. The summed E-state index contributed by atoms with van der Waals surface area (Å²) in [4.78, 5) is 13.8. The van der Waals surface area contributed by atoms with E-state index in [0.717, 1.165) is 39.0 Å². The molecule has 2 saturated heterocycles. The Kier molecular flexibility index (Phi) is 5.80. The number of rotatable bonds is 2. The number of piperidine rings is 2. The lowest BCUT2D eigenvalue weighted by Gasteiger charge is -2.44. The van der Waals surface area contributed by atoms with Crippen LogP contribution in [0.3, 0.4) is 0 Å². The average molecular weight is 288 g/mol. The molecule has 3 rings (SSSR count). The predicted molar refractivity (Wildman–Crippen MR) is 87.0 cm³/mol. The molecule has 0 unspecified atom stereocenters. The third-order valence-electron chi connectivity index (χ3n) is 4.71. The summed E-state index contributed by atoms with van der Waals surface area (Å²) in [6.45, 7) is 8.27. The highest BCUT2D eigenvalue weighted by atomic mass is 16.1. The molecule has 116 valence electrons. The van der Waals surface area contributed by atoms with Gasteiger partial charge in [0.2, 0.25) is 5.91 Å². The molecule has 1 N–H and O–H groups in total. The molecule has 0 bridgehead atoms. The Balaban J connectivity index is 0.000000774. The normalized spacial score (nSPS) is 21.3. The number of carbonyl (C=O) groups is 1. The first-order chi connectivity index (χ1) is 10.3. The molecule has 1 aromatic carbocycles. The lowest BCUT2D eigenvalue weighted by atomic mass is 9.73. The molecule has 1 spiro atoms. The van der Waals surface area contributed by atoms with E-state index in [4.69, 9.17) is 0 Å². The van der Waals surface area contributed by atoms with Crippen molar-refractivity contribution >= 4 is 5.91 Å².